The predicted molar refractivity (Wildman–Crippen MR) is 86.4 cm³/mol. The number of methoxy groups -OCH3 is 1. The number of ether oxygens (including phenoxy) is 1. The molecule has 3 heteroatoms. The molecule has 0 aliphatic heterocycles. The molecule has 0 radical (unpaired) electrons. The van der Waals surface area contributed by atoms with Crippen LogP contribution in [0.1, 0.15) is 11.3 Å². The Morgan fingerprint density at radius 2 is 1.90 bits per heavy atom. The number of hydrogen-bond donors (Lipinski definition) is 1. The normalized spacial score (nSPS) is 10.8. The van der Waals surface area contributed by atoms with Crippen molar-refractivity contribution in [3.8, 4) is 16.9 Å². The minimum atomic E-state index is 0.483. The van der Waals surface area contributed by atoms with Gasteiger partial charge in [-0.3, -0.25) is 4.98 Å². The highest BCUT2D eigenvalue weighted by Crippen LogP contribution is 2.29. The van der Waals surface area contributed by atoms with Gasteiger partial charge in [-0.15, -0.1) is 0 Å². The maximum Gasteiger partial charge on any atom is 0.119 e. The van der Waals surface area contributed by atoms with Crippen molar-refractivity contribution in [3.05, 3.63) is 59.8 Å². The maximum absolute atomic E-state index is 5.88. The van der Waals surface area contributed by atoms with Crippen LogP contribution in [0.5, 0.6) is 5.75 Å². The fourth-order valence-corrected chi connectivity index (χ4v) is 2.54. The van der Waals surface area contributed by atoms with E-state index in [1.54, 1.807) is 7.11 Å². The van der Waals surface area contributed by atoms with E-state index in [4.69, 9.17) is 10.5 Å². The fourth-order valence-electron chi connectivity index (χ4n) is 2.54. The summed E-state index contributed by atoms with van der Waals surface area (Å²) in [6.45, 7) is 2.49. The molecule has 0 unspecified atom stereocenters. The first-order valence-electron chi connectivity index (χ1n) is 6.96. The van der Waals surface area contributed by atoms with Crippen LogP contribution in [0.4, 0.5) is 0 Å². The Morgan fingerprint density at radius 1 is 1.05 bits per heavy atom. The van der Waals surface area contributed by atoms with Gasteiger partial charge < -0.3 is 10.5 Å². The number of rotatable bonds is 3. The zero-order chi connectivity index (χ0) is 14.8. The van der Waals surface area contributed by atoms with Gasteiger partial charge in [-0.25, -0.2) is 0 Å². The number of nitrogens with two attached hydrogens (primary N) is 1. The third kappa shape index (κ3) is 2.60. The Bertz CT molecular complexity index is 796. The van der Waals surface area contributed by atoms with E-state index in [0.29, 0.717) is 6.54 Å². The smallest absolute Gasteiger partial charge is 0.119 e. The van der Waals surface area contributed by atoms with Crippen molar-refractivity contribution in [3.63, 3.8) is 0 Å². The van der Waals surface area contributed by atoms with Gasteiger partial charge in [-0.05, 0) is 53.9 Å². The minimum Gasteiger partial charge on any atom is -0.497 e. The van der Waals surface area contributed by atoms with Crippen LogP contribution in [0.25, 0.3) is 22.0 Å². The van der Waals surface area contributed by atoms with Crippen LogP contribution in [-0.4, -0.2) is 12.1 Å². The van der Waals surface area contributed by atoms with Crippen LogP contribution >= 0.6 is 0 Å². The molecule has 3 nitrogen and oxygen atoms in total. The molecule has 0 fully saturated rings. The first-order valence-corrected chi connectivity index (χ1v) is 6.96. The van der Waals surface area contributed by atoms with Gasteiger partial charge in [0.25, 0.3) is 0 Å². The molecule has 3 aromatic rings. The van der Waals surface area contributed by atoms with Gasteiger partial charge in [0.2, 0.25) is 0 Å². The lowest BCUT2D eigenvalue weighted by atomic mass is 9.98. The van der Waals surface area contributed by atoms with Crippen LogP contribution in [0, 0.1) is 6.92 Å². The largest absolute Gasteiger partial charge is 0.497 e. The monoisotopic (exact) mass is 278 g/mol. The van der Waals surface area contributed by atoms with Crippen LogP contribution in [-0.2, 0) is 6.54 Å². The highest BCUT2D eigenvalue weighted by atomic mass is 16.5. The maximum atomic E-state index is 5.88. The average molecular weight is 278 g/mol. The highest BCUT2D eigenvalue weighted by Gasteiger charge is 2.07. The number of nitrogens with zero attached hydrogens (tertiary/aromatic N) is 1. The summed E-state index contributed by atoms with van der Waals surface area (Å²) in [6, 6.07) is 16.5. The molecule has 0 aliphatic rings. The second-order valence-corrected chi connectivity index (χ2v) is 5.09. The summed E-state index contributed by atoms with van der Waals surface area (Å²) >= 11 is 0. The molecule has 2 aromatic carbocycles. The van der Waals surface area contributed by atoms with Crippen LogP contribution in [0.2, 0.25) is 0 Å². The Kier molecular flexibility index (Phi) is 3.59. The molecule has 0 aliphatic carbocycles. The molecule has 1 aromatic heterocycles. The van der Waals surface area contributed by atoms with Crippen molar-refractivity contribution < 1.29 is 4.74 Å². The number of fused-ring (bicyclic) bond motifs is 1. The van der Waals surface area contributed by atoms with E-state index in [-0.39, 0.29) is 0 Å². The lowest BCUT2D eigenvalue weighted by Gasteiger charge is -2.11. The lowest BCUT2D eigenvalue weighted by molar-refractivity contribution is 0.414. The third-order valence-corrected chi connectivity index (χ3v) is 3.67. The quantitative estimate of drug-likeness (QED) is 0.795. The summed E-state index contributed by atoms with van der Waals surface area (Å²) in [5.74, 6) is 0.831. The van der Waals surface area contributed by atoms with Crippen LogP contribution in [0.3, 0.4) is 0 Å². The highest BCUT2D eigenvalue weighted by molar-refractivity contribution is 5.85. The van der Waals surface area contributed by atoms with Crippen LogP contribution < -0.4 is 10.5 Å². The first-order chi connectivity index (χ1) is 10.2. The van der Waals surface area contributed by atoms with Gasteiger partial charge in [0.05, 0.1) is 12.6 Å². The van der Waals surface area contributed by atoms with Gasteiger partial charge >= 0.3 is 0 Å². The van der Waals surface area contributed by atoms with Gasteiger partial charge in [0.1, 0.15) is 5.75 Å². The van der Waals surface area contributed by atoms with Gasteiger partial charge in [0.15, 0.2) is 0 Å². The second kappa shape index (κ2) is 5.54. The Hall–Kier alpha value is -2.39. The van der Waals surface area contributed by atoms with Gasteiger partial charge in [0, 0.05) is 17.6 Å². The van der Waals surface area contributed by atoms with Crippen LogP contribution in [0.15, 0.2) is 48.5 Å². The molecule has 0 saturated carbocycles. The number of aromatic nitrogens is 1. The Morgan fingerprint density at radius 3 is 2.67 bits per heavy atom. The summed E-state index contributed by atoms with van der Waals surface area (Å²) in [5.41, 5.74) is 11.3. The van der Waals surface area contributed by atoms with Crippen molar-refractivity contribution >= 4 is 10.9 Å². The summed E-state index contributed by atoms with van der Waals surface area (Å²) in [7, 11) is 1.67. The molecule has 0 bridgehead atoms. The molecule has 0 amide bonds. The zero-order valence-electron chi connectivity index (χ0n) is 12.3. The zero-order valence-corrected chi connectivity index (χ0v) is 12.3. The first kappa shape index (κ1) is 13.6. The summed E-state index contributed by atoms with van der Waals surface area (Å²) in [5, 5.41) is 1.14. The van der Waals surface area contributed by atoms with E-state index in [1.165, 1.54) is 0 Å². The Balaban J connectivity index is 2.13. The minimum absolute atomic E-state index is 0.483. The van der Waals surface area contributed by atoms with E-state index in [2.05, 4.69) is 35.3 Å². The Labute approximate surface area is 124 Å². The van der Waals surface area contributed by atoms with Crippen molar-refractivity contribution in [1.29, 1.82) is 0 Å². The molecule has 0 saturated heterocycles. The van der Waals surface area contributed by atoms with Gasteiger partial charge in [-0.2, -0.15) is 0 Å². The SMILES string of the molecule is COc1ccc(-c2ccc3nc(C)ccc3c2)c(CN)c1. The summed E-state index contributed by atoms with van der Waals surface area (Å²) in [6.07, 6.45) is 0. The van der Waals surface area contributed by atoms with E-state index in [1.807, 2.05) is 25.1 Å². The molecule has 0 atom stereocenters. The van der Waals surface area contributed by atoms with Crippen molar-refractivity contribution in [2.45, 2.75) is 13.5 Å². The van der Waals surface area contributed by atoms with Crippen molar-refractivity contribution in [2.75, 3.05) is 7.11 Å². The molecular weight excluding hydrogens is 260 g/mol. The van der Waals surface area contributed by atoms with E-state index in [9.17, 15) is 0 Å². The van der Waals surface area contributed by atoms with E-state index < -0.39 is 0 Å². The average Bonchev–Trinajstić information content (AvgIpc) is 2.53. The molecule has 3 rings (SSSR count). The lowest BCUT2D eigenvalue weighted by Crippen LogP contribution is -2.00. The standard InChI is InChI=1S/C18H18N2O/c1-12-3-4-14-9-13(5-8-18(14)20-12)17-7-6-16(21-2)10-15(17)11-19/h3-10H,11,19H2,1-2H3. The molecule has 1 heterocycles. The van der Waals surface area contributed by atoms with Gasteiger partial charge in [-0.1, -0.05) is 18.2 Å². The second-order valence-electron chi connectivity index (χ2n) is 5.09. The molecule has 0 spiro atoms. The van der Waals surface area contributed by atoms with E-state index in [0.717, 1.165) is 39.0 Å². The topological polar surface area (TPSA) is 48.1 Å². The molecule has 2 N–H and O–H groups in total. The number of hydrogen-bond acceptors (Lipinski definition) is 3. The third-order valence-electron chi connectivity index (χ3n) is 3.67. The molecule has 21 heavy (non-hydrogen) atoms. The number of aryl methyl sites for hydroxylation is 1. The summed E-state index contributed by atoms with van der Waals surface area (Å²) in [4.78, 5) is 4.54. The van der Waals surface area contributed by atoms with Crippen molar-refractivity contribution in [1.82, 2.24) is 4.98 Å². The number of pyridine rings is 1. The summed E-state index contributed by atoms with van der Waals surface area (Å²) < 4.78 is 5.27. The van der Waals surface area contributed by atoms with E-state index >= 15 is 0 Å². The molecular formula is C18H18N2O. The molecule has 106 valence electrons. The number of benzene rings is 2. The fraction of sp³-hybridized carbons (Fsp3) is 0.167. The van der Waals surface area contributed by atoms with Crippen molar-refractivity contribution in [2.24, 2.45) is 5.73 Å². The predicted octanol–water partition coefficient (Wildman–Crippen LogP) is 3.68.